The molecule has 3 aromatic heterocycles. The summed E-state index contributed by atoms with van der Waals surface area (Å²) in [5, 5.41) is 13.6. The third-order valence-electron chi connectivity index (χ3n) is 12.8. The van der Waals surface area contributed by atoms with Crippen LogP contribution in [0.2, 0.25) is 0 Å². The Hall–Kier alpha value is -7.73. The number of anilines is 6. The van der Waals surface area contributed by atoms with Crippen LogP contribution in [-0.2, 0) is 0 Å². The highest BCUT2D eigenvalue weighted by Gasteiger charge is 2.33. The van der Waals surface area contributed by atoms with E-state index in [1.54, 1.807) is 0 Å². The van der Waals surface area contributed by atoms with E-state index in [1.807, 2.05) is 11.3 Å². The Morgan fingerprint density at radius 1 is 0.333 bits per heavy atom. The Kier molecular flexibility index (Phi) is 6.41. The van der Waals surface area contributed by atoms with Gasteiger partial charge in [-0.2, -0.15) is 0 Å². The lowest BCUT2D eigenvalue weighted by molar-refractivity contribution is 1.18. The number of nitrogens with zero attached hydrogens (tertiary/aromatic N) is 4. The molecule has 0 amide bonds. The molecule has 0 fully saturated rings. The van der Waals surface area contributed by atoms with Crippen LogP contribution in [0.15, 0.2) is 194 Å². The zero-order valence-electron chi connectivity index (χ0n) is 32.2. The molecular formula is C55H32N4S. The molecule has 0 N–H and O–H groups in total. The fraction of sp³-hybridized carbons (Fsp3) is 0. The second kappa shape index (κ2) is 11.9. The maximum absolute atomic E-state index is 5.22. The minimum absolute atomic E-state index is 0.975. The number of hydrogen-bond acceptors (Lipinski definition) is 4. The van der Waals surface area contributed by atoms with E-state index in [0.717, 1.165) is 56.0 Å². The molecule has 0 saturated carbocycles. The second-order valence-corrected chi connectivity index (χ2v) is 16.9. The van der Waals surface area contributed by atoms with E-state index in [0.29, 0.717) is 0 Å². The smallest absolute Gasteiger partial charge is 0.146 e. The van der Waals surface area contributed by atoms with Gasteiger partial charge in [-0.15, -0.1) is 11.3 Å². The van der Waals surface area contributed by atoms with Gasteiger partial charge in [0.2, 0.25) is 0 Å². The first-order chi connectivity index (χ1) is 29.8. The third kappa shape index (κ3) is 4.26. The predicted octanol–water partition coefficient (Wildman–Crippen LogP) is 15.9. The first-order valence-corrected chi connectivity index (χ1v) is 21.3. The van der Waals surface area contributed by atoms with E-state index in [4.69, 9.17) is 4.98 Å². The number of fused-ring (bicyclic) bond motifs is 19. The SMILES string of the molecule is c1ccc2c(c1)N(c1ccc3c(c1)c1ccccc1n1c4ccccc4nc31)c1cc3c4ccccc4c4ccccc4c3cc1N2c1cccc2c1sc1ccccc12. The number of benzene rings is 10. The van der Waals surface area contributed by atoms with E-state index in [1.165, 1.54) is 68.9 Å². The molecule has 4 heterocycles. The highest BCUT2D eigenvalue weighted by molar-refractivity contribution is 7.26. The lowest BCUT2D eigenvalue weighted by Crippen LogP contribution is -2.24. The largest absolute Gasteiger partial charge is 0.306 e. The standard InChI is InChI=1S/C55H32N4S/c1-3-16-36-34(14-1)35-15-2-4-17-37(35)44-32-52-51(31-43(36)44)57(48-24-10-11-25-49(48)58(52)50-26-13-20-40-39-19-6-12-27-53(39)60-54(40)50)33-28-29-41-42(30-33)38-18-5-8-22-46(38)59-47-23-9-7-21-45(47)56-55(41)59/h1-32H. The molecule has 0 radical (unpaired) electrons. The van der Waals surface area contributed by atoms with Gasteiger partial charge in [-0.25, -0.2) is 4.98 Å². The van der Waals surface area contributed by atoms with Crippen molar-refractivity contribution in [2.24, 2.45) is 0 Å². The van der Waals surface area contributed by atoms with Crippen molar-refractivity contribution in [3.05, 3.63) is 194 Å². The quantitative estimate of drug-likeness (QED) is 0.163. The van der Waals surface area contributed by atoms with Crippen LogP contribution in [0, 0.1) is 0 Å². The van der Waals surface area contributed by atoms with Crippen LogP contribution >= 0.6 is 11.3 Å². The van der Waals surface area contributed by atoms with Gasteiger partial charge < -0.3 is 9.80 Å². The first kappa shape index (κ1) is 32.3. The summed E-state index contributed by atoms with van der Waals surface area (Å²) < 4.78 is 4.90. The molecule has 0 aliphatic carbocycles. The molecule has 1 aliphatic heterocycles. The van der Waals surface area contributed by atoms with Gasteiger partial charge in [0.05, 0.1) is 49.7 Å². The number of hydrogen-bond donors (Lipinski definition) is 0. The summed E-state index contributed by atoms with van der Waals surface area (Å²) >= 11 is 1.88. The molecule has 278 valence electrons. The molecule has 0 spiro atoms. The number of para-hydroxylation sites is 5. The number of rotatable bonds is 2. The second-order valence-electron chi connectivity index (χ2n) is 15.9. The van der Waals surface area contributed by atoms with Crippen molar-refractivity contribution in [1.29, 1.82) is 0 Å². The number of pyridine rings is 1. The molecule has 0 bridgehead atoms. The van der Waals surface area contributed by atoms with Crippen LogP contribution in [0.3, 0.4) is 0 Å². The molecule has 60 heavy (non-hydrogen) atoms. The van der Waals surface area contributed by atoms with Crippen molar-refractivity contribution >= 4 is 136 Å². The van der Waals surface area contributed by atoms with Gasteiger partial charge in [0, 0.05) is 31.9 Å². The molecule has 0 saturated heterocycles. The summed E-state index contributed by atoms with van der Waals surface area (Å²) in [5.41, 5.74) is 11.1. The summed E-state index contributed by atoms with van der Waals surface area (Å²) in [5.74, 6) is 0. The lowest BCUT2D eigenvalue weighted by atomic mass is 9.92. The van der Waals surface area contributed by atoms with Crippen LogP contribution in [-0.4, -0.2) is 9.38 Å². The van der Waals surface area contributed by atoms with Crippen LogP contribution in [0.1, 0.15) is 0 Å². The molecule has 13 aromatic rings. The third-order valence-corrected chi connectivity index (χ3v) is 14.0. The Bertz CT molecular complexity index is 3990. The van der Waals surface area contributed by atoms with E-state index in [2.05, 4.69) is 208 Å². The maximum atomic E-state index is 5.22. The van der Waals surface area contributed by atoms with Gasteiger partial charge in [-0.3, -0.25) is 4.40 Å². The molecule has 14 rings (SSSR count). The van der Waals surface area contributed by atoms with E-state index in [-0.39, 0.29) is 0 Å². The summed E-state index contributed by atoms with van der Waals surface area (Å²) in [7, 11) is 0. The van der Waals surface area contributed by atoms with Gasteiger partial charge >= 0.3 is 0 Å². The van der Waals surface area contributed by atoms with Crippen molar-refractivity contribution in [3.63, 3.8) is 0 Å². The Balaban J connectivity index is 1.11. The topological polar surface area (TPSA) is 23.8 Å². The first-order valence-electron chi connectivity index (χ1n) is 20.5. The Labute approximate surface area is 348 Å². The van der Waals surface area contributed by atoms with Gasteiger partial charge in [0.25, 0.3) is 0 Å². The zero-order chi connectivity index (χ0) is 39.1. The van der Waals surface area contributed by atoms with Crippen LogP contribution < -0.4 is 9.80 Å². The molecule has 5 heteroatoms. The van der Waals surface area contributed by atoms with Crippen molar-refractivity contribution in [3.8, 4) is 0 Å². The zero-order valence-corrected chi connectivity index (χ0v) is 33.0. The fourth-order valence-corrected chi connectivity index (χ4v) is 11.5. The number of imidazole rings is 1. The van der Waals surface area contributed by atoms with Crippen molar-refractivity contribution in [2.75, 3.05) is 9.80 Å². The maximum Gasteiger partial charge on any atom is 0.146 e. The average Bonchev–Trinajstić information content (AvgIpc) is 3.90. The van der Waals surface area contributed by atoms with Crippen LogP contribution in [0.5, 0.6) is 0 Å². The van der Waals surface area contributed by atoms with Crippen molar-refractivity contribution < 1.29 is 0 Å². The highest BCUT2D eigenvalue weighted by atomic mass is 32.1. The van der Waals surface area contributed by atoms with Gasteiger partial charge in [0.1, 0.15) is 5.65 Å². The Morgan fingerprint density at radius 3 is 1.62 bits per heavy atom. The molecule has 0 unspecified atom stereocenters. The summed E-state index contributed by atoms with van der Waals surface area (Å²) in [6.45, 7) is 0. The lowest BCUT2D eigenvalue weighted by Gasteiger charge is -2.41. The van der Waals surface area contributed by atoms with E-state index < -0.39 is 0 Å². The minimum atomic E-state index is 0.975. The van der Waals surface area contributed by atoms with Crippen molar-refractivity contribution in [1.82, 2.24) is 9.38 Å². The summed E-state index contributed by atoms with van der Waals surface area (Å²) in [6, 6.07) is 71.4. The highest BCUT2D eigenvalue weighted by Crippen LogP contribution is 2.58. The summed E-state index contributed by atoms with van der Waals surface area (Å²) in [6.07, 6.45) is 0. The van der Waals surface area contributed by atoms with E-state index >= 15 is 0 Å². The van der Waals surface area contributed by atoms with Crippen LogP contribution in [0.4, 0.5) is 34.1 Å². The fourth-order valence-electron chi connectivity index (χ4n) is 10.3. The monoisotopic (exact) mass is 780 g/mol. The number of thiophene rings is 1. The molecule has 1 aliphatic rings. The number of aromatic nitrogens is 2. The van der Waals surface area contributed by atoms with Crippen LogP contribution in [0.25, 0.3) is 90.8 Å². The molecular weight excluding hydrogens is 749 g/mol. The van der Waals surface area contributed by atoms with Gasteiger partial charge in [-0.1, -0.05) is 121 Å². The normalized spacial score (nSPS) is 12.9. The van der Waals surface area contributed by atoms with Crippen molar-refractivity contribution in [2.45, 2.75) is 0 Å². The Morgan fingerprint density at radius 2 is 0.867 bits per heavy atom. The minimum Gasteiger partial charge on any atom is -0.306 e. The molecule has 4 nitrogen and oxygen atoms in total. The summed E-state index contributed by atoms with van der Waals surface area (Å²) in [4.78, 5) is 10.2. The van der Waals surface area contributed by atoms with E-state index in [9.17, 15) is 0 Å². The molecule has 0 atom stereocenters. The van der Waals surface area contributed by atoms with Gasteiger partial charge in [0.15, 0.2) is 0 Å². The predicted molar refractivity (Wildman–Crippen MR) is 256 cm³/mol. The molecule has 10 aromatic carbocycles. The average molecular weight is 781 g/mol. The van der Waals surface area contributed by atoms with Gasteiger partial charge in [-0.05, 0) is 110 Å².